The minimum atomic E-state index is -0.245. The number of aromatic nitrogens is 1. The van der Waals surface area contributed by atoms with Crippen LogP contribution in [0.4, 0.5) is 0 Å². The fourth-order valence-corrected chi connectivity index (χ4v) is 1.71. The molecule has 1 heterocycles. The van der Waals surface area contributed by atoms with Crippen molar-refractivity contribution < 1.29 is 0 Å². The van der Waals surface area contributed by atoms with E-state index < -0.39 is 0 Å². The van der Waals surface area contributed by atoms with Gasteiger partial charge in [0.05, 0.1) is 10.0 Å². The standard InChI is InChI=1S/C7H7Cl3N2/c1-3(11)5-4(8)2-12-7(10)6(5)9/h2-3H,11H2,1H3. The van der Waals surface area contributed by atoms with E-state index in [9.17, 15) is 0 Å². The van der Waals surface area contributed by atoms with Crippen molar-refractivity contribution in [1.82, 2.24) is 4.98 Å². The van der Waals surface area contributed by atoms with Gasteiger partial charge in [0.2, 0.25) is 0 Å². The van der Waals surface area contributed by atoms with Crippen molar-refractivity contribution in [3.63, 3.8) is 0 Å². The number of halogens is 3. The van der Waals surface area contributed by atoms with Crippen molar-refractivity contribution in [2.24, 2.45) is 5.73 Å². The first-order valence-electron chi connectivity index (χ1n) is 3.29. The number of pyridine rings is 1. The molecular formula is C7H7Cl3N2. The van der Waals surface area contributed by atoms with E-state index in [1.54, 1.807) is 6.92 Å². The molecule has 1 aromatic rings. The van der Waals surface area contributed by atoms with E-state index in [1.807, 2.05) is 0 Å². The average molecular weight is 226 g/mol. The zero-order valence-corrected chi connectivity index (χ0v) is 8.58. The summed E-state index contributed by atoms with van der Waals surface area (Å²) in [6, 6.07) is -0.245. The van der Waals surface area contributed by atoms with Gasteiger partial charge in [-0.25, -0.2) is 4.98 Å². The lowest BCUT2D eigenvalue weighted by Gasteiger charge is -2.10. The molecule has 0 aliphatic rings. The zero-order valence-electron chi connectivity index (χ0n) is 6.31. The Bertz CT molecular complexity index is 299. The smallest absolute Gasteiger partial charge is 0.148 e. The Morgan fingerprint density at radius 1 is 1.42 bits per heavy atom. The predicted molar refractivity (Wildman–Crippen MR) is 51.9 cm³/mol. The van der Waals surface area contributed by atoms with Crippen LogP contribution in [0.15, 0.2) is 6.20 Å². The van der Waals surface area contributed by atoms with Crippen LogP contribution >= 0.6 is 34.8 Å². The van der Waals surface area contributed by atoms with E-state index in [-0.39, 0.29) is 11.2 Å². The predicted octanol–water partition coefficient (Wildman–Crippen LogP) is 3.06. The molecule has 1 aromatic heterocycles. The summed E-state index contributed by atoms with van der Waals surface area (Å²) in [4.78, 5) is 3.77. The minimum Gasteiger partial charge on any atom is -0.324 e. The first kappa shape index (κ1) is 10.1. The van der Waals surface area contributed by atoms with Crippen LogP contribution in [0, 0.1) is 0 Å². The molecule has 0 bridgehead atoms. The van der Waals surface area contributed by atoms with Crippen LogP contribution in [0.5, 0.6) is 0 Å². The molecule has 0 saturated heterocycles. The number of hydrogen-bond donors (Lipinski definition) is 1. The summed E-state index contributed by atoms with van der Waals surface area (Å²) < 4.78 is 0. The summed E-state index contributed by atoms with van der Waals surface area (Å²) in [5, 5.41) is 1.01. The van der Waals surface area contributed by atoms with Crippen molar-refractivity contribution in [3.8, 4) is 0 Å². The molecule has 0 aromatic carbocycles. The Morgan fingerprint density at radius 2 is 2.00 bits per heavy atom. The quantitative estimate of drug-likeness (QED) is 0.746. The highest BCUT2D eigenvalue weighted by Gasteiger charge is 2.13. The van der Waals surface area contributed by atoms with E-state index in [1.165, 1.54) is 6.20 Å². The summed E-state index contributed by atoms with van der Waals surface area (Å²) >= 11 is 17.3. The van der Waals surface area contributed by atoms with E-state index in [0.29, 0.717) is 15.6 Å². The molecule has 2 nitrogen and oxygen atoms in total. The number of rotatable bonds is 1. The Hall–Kier alpha value is -0.0200. The highest BCUT2D eigenvalue weighted by atomic mass is 35.5. The molecule has 2 N–H and O–H groups in total. The Labute approximate surface area is 85.6 Å². The summed E-state index contributed by atoms with van der Waals surface area (Å²) in [5.41, 5.74) is 6.27. The largest absolute Gasteiger partial charge is 0.324 e. The van der Waals surface area contributed by atoms with Gasteiger partial charge in [-0.15, -0.1) is 0 Å². The van der Waals surface area contributed by atoms with E-state index >= 15 is 0 Å². The van der Waals surface area contributed by atoms with Crippen LogP contribution < -0.4 is 5.73 Å². The number of hydrogen-bond acceptors (Lipinski definition) is 2. The first-order valence-corrected chi connectivity index (χ1v) is 4.42. The van der Waals surface area contributed by atoms with Gasteiger partial charge in [0.25, 0.3) is 0 Å². The van der Waals surface area contributed by atoms with Crippen molar-refractivity contribution in [2.45, 2.75) is 13.0 Å². The zero-order chi connectivity index (χ0) is 9.30. The van der Waals surface area contributed by atoms with Gasteiger partial charge in [0, 0.05) is 17.8 Å². The molecule has 0 radical (unpaired) electrons. The number of nitrogens with two attached hydrogens (primary N) is 1. The normalized spacial score (nSPS) is 13.1. The second-order valence-electron chi connectivity index (χ2n) is 2.41. The monoisotopic (exact) mass is 224 g/mol. The summed E-state index contributed by atoms with van der Waals surface area (Å²) in [6.45, 7) is 1.78. The van der Waals surface area contributed by atoms with E-state index in [0.717, 1.165) is 0 Å². The third-order valence-corrected chi connectivity index (χ3v) is 2.49. The lowest BCUT2D eigenvalue weighted by Crippen LogP contribution is -2.07. The maximum atomic E-state index is 5.83. The molecule has 5 heteroatoms. The Morgan fingerprint density at radius 3 is 2.42 bits per heavy atom. The summed E-state index contributed by atoms with van der Waals surface area (Å²) in [6.07, 6.45) is 1.44. The average Bonchev–Trinajstić information content (AvgIpc) is 1.97. The minimum absolute atomic E-state index is 0.230. The van der Waals surface area contributed by atoms with Crippen LogP contribution in [0.25, 0.3) is 0 Å². The highest BCUT2D eigenvalue weighted by Crippen LogP contribution is 2.32. The van der Waals surface area contributed by atoms with E-state index in [2.05, 4.69) is 4.98 Å². The molecule has 0 amide bonds. The molecule has 12 heavy (non-hydrogen) atoms. The van der Waals surface area contributed by atoms with Crippen molar-refractivity contribution in [1.29, 1.82) is 0 Å². The fourth-order valence-electron chi connectivity index (χ4n) is 0.873. The molecule has 0 spiro atoms. The second kappa shape index (κ2) is 3.79. The SMILES string of the molecule is CC(N)c1c(Cl)cnc(Cl)c1Cl. The van der Waals surface area contributed by atoms with Crippen molar-refractivity contribution in [3.05, 3.63) is 27.0 Å². The summed E-state index contributed by atoms with van der Waals surface area (Å²) in [5.74, 6) is 0. The van der Waals surface area contributed by atoms with Crippen LogP contribution in [0.2, 0.25) is 15.2 Å². The van der Waals surface area contributed by atoms with Crippen LogP contribution in [-0.4, -0.2) is 4.98 Å². The van der Waals surface area contributed by atoms with Gasteiger partial charge in [-0.3, -0.25) is 0 Å². The van der Waals surface area contributed by atoms with Gasteiger partial charge < -0.3 is 5.73 Å². The molecule has 0 saturated carbocycles. The number of nitrogens with zero attached hydrogens (tertiary/aromatic N) is 1. The highest BCUT2D eigenvalue weighted by molar-refractivity contribution is 6.43. The summed E-state index contributed by atoms with van der Waals surface area (Å²) in [7, 11) is 0. The third kappa shape index (κ3) is 1.83. The lowest BCUT2D eigenvalue weighted by molar-refractivity contribution is 0.816. The second-order valence-corrected chi connectivity index (χ2v) is 3.56. The third-order valence-electron chi connectivity index (χ3n) is 1.42. The fraction of sp³-hybridized carbons (Fsp3) is 0.286. The van der Waals surface area contributed by atoms with Crippen molar-refractivity contribution >= 4 is 34.8 Å². The molecule has 0 fully saturated rings. The molecule has 0 aliphatic carbocycles. The molecule has 1 unspecified atom stereocenters. The maximum absolute atomic E-state index is 5.83. The Kier molecular flexibility index (Phi) is 3.18. The van der Waals surface area contributed by atoms with Gasteiger partial charge in [0.1, 0.15) is 5.15 Å². The topological polar surface area (TPSA) is 38.9 Å². The maximum Gasteiger partial charge on any atom is 0.148 e. The molecule has 1 rings (SSSR count). The molecule has 1 atom stereocenters. The molecular weight excluding hydrogens is 218 g/mol. The van der Waals surface area contributed by atoms with Crippen LogP contribution in [0.1, 0.15) is 18.5 Å². The van der Waals surface area contributed by atoms with Crippen LogP contribution in [-0.2, 0) is 0 Å². The Balaban J connectivity index is 3.33. The van der Waals surface area contributed by atoms with Gasteiger partial charge >= 0.3 is 0 Å². The molecule has 0 aliphatic heterocycles. The van der Waals surface area contributed by atoms with Gasteiger partial charge in [-0.05, 0) is 6.92 Å². The van der Waals surface area contributed by atoms with Gasteiger partial charge in [0.15, 0.2) is 0 Å². The van der Waals surface area contributed by atoms with Gasteiger partial charge in [-0.2, -0.15) is 0 Å². The van der Waals surface area contributed by atoms with Crippen LogP contribution in [0.3, 0.4) is 0 Å². The van der Waals surface area contributed by atoms with Crippen molar-refractivity contribution in [2.75, 3.05) is 0 Å². The van der Waals surface area contributed by atoms with Gasteiger partial charge in [-0.1, -0.05) is 34.8 Å². The lowest BCUT2D eigenvalue weighted by atomic mass is 10.1. The first-order chi connectivity index (χ1) is 5.54. The van der Waals surface area contributed by atoms with E-state index in [4.69, 9.17) is 40.5 Å². The molecule has 66 valence electrons.